The van der Waals surface area contributed by atoms with E-state index in [4.69, 9.17) is 15.4 Å². The number of ether oxygens (including phenoxy) is 1. The minimum atomic E-state index is -3.69. The summed E-state index contributed by atoms with van der Waals surface area (Å²) in [6.45, 7) is 8.17. The normalized spacial score (nSPS) is 12.5. The molecule has 0 aliphatic carbocycles. The summed E-state index contributed by atoms with van der Waals surface area (Å²) in [6, 6.07) is 0. The van der Waals surface area contributed by atoms with Crippen molar-refractivity contribution in [3.05, 3.63) is 0 Å². The van der Waals surface area contributed by atoms with Crippen molar-refractivity contribution in [3.63, 3.8) is 0 Å². The van der Waals surface area contributed by atoms with Crippen molar-refractivity contribution < 1.29 is 17.9 Å². The highest BCUT2D eigenvalue weighted by Crippen LogP contribution is 2.08. The van der Waals surface area contributed by atoms with E-state index in [0.717, 1.165) is 0 Å². The van der Waals surface area contributed by atoms with E-state index in [9.17, 15) is 13.2 Å². The quantitative estimate of drug-likeness (QED) is 0.577. The number of hydrogen-bond acceptors (Lipinski definition) is 4. The van der Waals surface area contributed by atoms with Crippen LogP contribution in [-0.2, 0) is 14.0 Å². The van der Waals surface area contributed by atoms with Gasteiger partial charge in [-0.3, -0.25) is 0 Å². The summed E-state index contributed by atoms with van der Waals surface area (Å²) in [5, 5.41) is 2.56. The minimum absolute atomic E-state index is 0.273. The van der Waals surface area contributed by atoms with Crippen molar-refractivity contribution in [2.45, 2.75) is 46.1 Å². The van der Waals surface area contributed by atoms with Crippen LogP contribution in [0.2, 0.25) is 0 Å². The van der Waals surface area contributed by atoms with Crippen LogP contribution in [0.3, 0.4) is 0 Å². The second-order valence-electron chi connectivity index (χ2n) is 5.12. The molecule has 8 heteroatoms. The Labute approximate surface area is 120 Å². The second kappa shape index (κ2) is 7.91. The van der Waals surface area contributed by atoms with E-state index in [1.165, 1.54) is 4.31 Å². The predicted octanol–water partition coefficient (Wildman–Crippen LogP) is 2.10. The van der Waals surface area contributed by atoms with Gasteiger partial charge < -0.3 is 10.1 Å². The SMILES string of the molecule is CCCN(CCCNC(=O)OC(C)(C)C)S(=O)(=O)Cl. The van der Waals surface area contributed by atoms with Crippen LogP contribution in [0.15, 0.2) is 0 Å². The zero-order chi connectivity index (χ0) is 15.1. The molecule has 0 saturated heterocycles. The third-order valence-corrected chi connectivity index (χ3v) is 3.60. The Bertz CT molecular complexity index is 379. The molecule has 0 aliphatic rings. The maximum Gasteiger partial charge on any atom is 0.407 e. The van der Waals surface area contributed by atoms with Crippen LogP contribution < -0.4 is 5.32 Å². The second-order valence-corrected chi connectivity index (χ2v) is 7.63. The van der Waals surface area contributed by atoms with E-state index in [0.29, 0.717) is 25.9 Å². The van der Waals surface area contributed by atoms with Crippen molar-refractivity contribution in [2.75, 3.05) is 19.6 Å². The van der Waals surface area contributed by atoms with Gasteiger partial charge in [0.15, 0.2) is 0 Å². The van der Waals surface area contributed by atoms with Crippen LogP contribution in [0, 0.1) is 0 Å². The average molecular weight is 315 g/mol. The van der Waals surface area contributed by atoms with Gasteiger partial charge in [-0.2, -0.15) is 12.7 Å². The molecule has 0 aliphatic heterocycles. The summed E-state index contributed by atoms with van der Waals surface area (Å²) >= 11 is 0. The third-order valence-electron chi connectivity index (χ3n) is 2.03. The number of hydrogen-bond donors (Lipinski definition) is 1. The molecule has 114 valence electrons. The van der Waals surface area contributed by atoms with E-state index in [1.807, 2.05) is 6.92 Å². The Hall–Kier alpha value is -0.530. The van der Waals surface area contributed by atoms with Crippen LogP contribution >= 0.6 is 10.7 Å². The van der Waals surface area contributed by atoms with Gasteiger partial charge in [0.25, 0.3) is 9.24 Å². The van der Waals surface area contributed by atoms with Crippen LogP contribution in [0.5, 0.6) is 0 Å². The molecule has 0 saturated carbocycles. The molecule has 19 heavy (non-hydrogen) atoms. The van der Waals surface area contributed by atoms with Crippen LogP contribution in [0.25, 0.3) is 0 Å². The summed E-state index contributed by atoms with van der Waals surface area (Å²) in [4.78, 5) is 11.3. The summed E-state index contributed by atoms with van der Waals surface area (Å²) < 4.78 is 28.7. The molecule has 0 unspecified atom stereocenters. The first kappa shape index (κ1) is 18.5. The number of nitrogens with zero attached hydrogens (tertiary/aromatic N) is 1. The van der Waals surface area contributed by atoms with E-state index in [-0.39, 0.29) is 6.54 Å². The molecule has 0 spiro atoms. The maximum atomic E-state index is 11.3. The molecular formula is C11H23ClN2O4S. The van der Waals surface area contributed by atoms with Crippen molar-refractivity contribution in [1.82, 2.24) is 9.62 Å². The molecule has 0 heterocycles. The van der Waals surface area contributed by atoms with Gasteiger partial charge in [-0.1, -0.05) is 6.92 Å². The molecule has 1 amide bonds. The van der Waals surface area contributed by atoms with Gasteiger partial charge in [-0.05, 0) is 33.6 Å². The number of carbonyl (C=O) groups is 1. The number of halogens is 1. The van der Waals surface area contributed by atoms with Crippen molar-refractivity contribution in [2.24, 2.45) is 0 Å². The Morgan fingerprint density at radius 2 is 1.89 bits per heavy atom. The van der Waals surface area contributed by atoms with Crippen LogP contribution in [-0.4, -0.2) is 44.1 Å². The van der Waals surface area contributed by atoms with E-state index < -0.39 is 20.9 Å². The summed E-state index contributed by atoms with van der Waals surface area (Å²) in [5.41, 5.74) is -0.544. The Morgan fingerprint density at radius 3 is 2.32 bits per heavy atom. The average Bonchev–Trinajstić information content (AvgIpc) is 2.18. The molecule has 6 nitrogen and oxygen atoms in total. The minimum Gasteiger partial charge on any atom is -0.444 e. The molecule has 0 aromatic heterocycles. The number of nitrogens with one attached hydrogen (secondary N) is 1. The standard InChI is InChI=1S/C11H23ClN2O4S/c1-5-8-14(19(12,16)17)9-6-7-13-10(15)18-11(2,3)4/h5-9H2,1-4H3,(H,13,15). The number of rotatable bonds is 7. The maximum absolute atomic E-state index is 11.3. The van der Waals surface area contributed by atoms with E-state index in [1.54, 1.807) is 20.8 Å². The van der Waals surface area contributed by atoms with Crippen LogP contribution in [0.4, 0.5) is 4.79 Å². The zero-order valence-corrected chi connectivity index (χ0v) is 13.5. The largest absolute Gasteiger partial charge is 0.444 e. The summed E-state index contributed by atoms with van der Waals surface area (Å²) in [6.07, 6.45) is 0.652. The number of carbonyl (C=O) groups excluding carboxylic acids is 1. The predicted molar refractivity (Wildman–Crippen MR) is 75.5 cm³/mol. The van der Waals surface area contributed by atoms with Gasteiger partial charge in [-0.15, -0.1) is 0 Å². The molecular weight excluding hydrogens is 292 g/mol. The first-order chi connectivity index (χ1) is 8.56. The Morgan fingerprint density at radius 1 is 1.32 bits per heavy atom. The third kappa shape index (κ3) is 9.98. The van der Waals surface area contributed by atoms with Crippen molar-refractivity contribution >= 4 is 26.0 Å². The van der Waals surface area contributed by atoms with E-state index >= 15 is 0 Å². The van der Waals surface area contributed by atoms with Gasteiger partial charge in [-0.25, -0.2) is 4.79 Å². The van der Waals surface area contributed by atoms with Crippen molar-refractivity contribution in [3.8, 4) is 0 Å². The fourth-order valence-electron chi connectivity index (χ4n) is 1.34. The molecule has 0 atom stereocenters. The molecule has 0 fully saturated rings. The molecule has 1 N–H and O–H groups in total. The first-order valence-corrected chi connectivity index (χ1v) is 8.49. The molecule has 0 aromatic rings. The van der Waals surface area contributed by atoms with Crippen molar-refractivity contribution in [1.29, 1.82) is 0 Å². The lowest BCUT2D eigenvalue weighted by atomic mass is 10.2. The number of amides is 1. The Kier molecular flexibility index (Phi) is 7.69. The number of alkyl carbamates (subject to hydrolysis) is 1. The van der Waals surface area contributed by atoms with E-state index in [2.05, 4.69) is 5.32 Å². The molecule has 0 radical (unpaired) electrons. The first-order valence-electron chi connectivity index (χ1n) is 6.23. The topological polar surface area (TPSA) is 75.7 Å². The molecule has 0 rings (SSSR count). The monoisotopic (exact) mass is 314 g/mol. The van der Waals surface area contributed by atoms with Gasteiger partial charge >= 0.3 is 6.09 Å². The molecule has 0 bridgehead atoms. The highest BCUT2D eigenvalue weighted by atomic mass is 35.7. The Balaban J connectivity index is 3.99. The highest BCUT2D eigenvalue weighted by molar-refractivity contribution is 8.11. The van der Waals surface area contributed by atoms with Gasteiger partial charge in [0.05, 0.1) is 0 Å². The lowest BCUT2D eigenvalue weighted by molar-refractivity contribution is 0.0527. The molecule has 0 aromatic carbocycles. The smallest absolute Gasteiger partial charge is 0.407 e. The summed E-state index contributed by atoms with van der Waals surface area (Å²) in [5.74, 6) is 0. The zero-order valence-electron chi connectivity index (χ0n) is 11.9. The fourth-order valence-corrected chi connectivity index (χ4v) is 2.50. The summed E-state index contributed by atoms with van der Waals surface area (Å²) in [7, 11) is 1.60. The van der Waals surface area contributed by atoms with Gasteiger partial charge in [0.2, 0.25) is 0 Å². The lowest BCUT2D eigenvalue weighted by Gasteiger charge is -2.20. The van der Waals surface area contributed by atoms with Gasteiger partial charge in [0.1, 0.15) is 5.60 Å². The van der Waals surface area contributed by atoms with Gasteiger partial charge in [0, 0.05) is 30.3 Å². The highest BCUT2D eigenvalue weighted by Gasteiger charge is 2.18. The van der Waals surface area contributed by atoms with Crippen LogP contribution in [0.1, 0.15) is 40.5 Å². The fraction of sp³-hybridized carbons (Fsp3) is 0.909. The lowest BCUT2D eigenvalue weighted by Crippen LogP contribution is -2.35.